The molecule has 0 spiro atoms. The topological polar surface area (TPSA) is 42.0 Å². The predicted octanol–water partition coefficient (Wildman–Crippen LogP) is 1.90. The van der Waals surface area contributed by atoms with Gasteiger partial charge in [0.2, 0.25) is 0 Å². The largest absolute Gasteiger partial charge is 0.307 e. The Morgan fingerprint density at radius 2 is 2.23 bits per heavy atom. The zero-order valence-corrected chi connectivity index (χ0v) is 7.79. The molecule has 0 aliphatic heterocycles. The van der Waals surface area contributed by atoms with Crippen molar-refractivity contribution < 1.29 is 4.79 Å². The van der Waals surface area contributed by atoms with Crippen LogP contribution < -0.4 is 5.32 Å². The van der Waals surface area contributed by atoms with Crippen LogP contribution in [0.15, 0.2) is 30.4 Å². The van der Waals surface area contributed by atoms with E-state index in [2.05, 4.69) is 16.9 Å². The summed E-state index contributed by atoms with van der Waals surface area (Å²) in [6.45, 7) is 7.06. The number of rotatable bonds is 2. The zero-order valence-electron chi connectivity index (χ0n) is 7.79. The van der Waals surface area contributed by atoms with Crippen LogP contribution in [0.2, 0.25) is 0 Å². The highest BCUT2D eigenvalue weighted by atomic mass is 16.1. The molecule has 0 saturated heterocycles. The third-order valence-corrected chi connectivity index (χ3v) is 1.52. The Bertz CT molecular complexity index is 345. The molecule has 1 N–H and O–H groups in total. The first kappa shape index (κ1) is 9.45. The molecular formula is C10H12N2O. The minimum absolute atomic E-state index is 0.196. The number of pyridine rings is 1. The van der Waals surface area contributed by atoms with Crippen molar-refractivity contribution in [3.63, 3.8) is 0 Å². The van der Waals surface area contributed by atoms with Crippen LogP contribution in [-0.4, -0.2) is 10.9 Å². The number of nitrogens with one attached hydrogen (secondary N) is 1. The lowest BCUT2D eigenvalue weighted by molar-refractivity contribution is -0.112. The number of hydrogen-bond acceptors (Lipinski definition) is 2. The van der Waals surface area contributed by atoms with Gasteiger partial charge in [-0.2, -0.15) is 0 Å². The van der Waals surface area contributed by atoms with Crippen molar-refractivity contribution in [3.05, 3.63) is 36.0 Å². The molecule has 1 amide bonds. The summed E-state index contributed by atoms with van der Waals surface area (Å²) in [4.78, 5) is 15.3. The summed E-state index contributed by atoms with van der Waals surface area (Å²) in [7, 11) is 0. The summed E-state index contributed by atoms with van der Waals surface area (Å²) in [5.41, 5.74) is 1.35. The van der Waals surface area contributed by atoms with Gasteiger partial charge < -0.3 is 5.32 Å². The van der Waals surface area contributed by atoms with E-state index >= 15 is 0 Å². The van der Waals surface area contributed by atoms with Crippen molar-refractivity contribution >= 4 is 11.7 Å². The minimum atomic E-state index is -0.196. The standard InChI is InChI=1S/C10H12N2O/c1-7(2)10(13)12-9-6-4-5-8(3)11-9/h4-6H,1H2,2-3H3,(H,11,12,13). The molecule has 0 aliphatic rings. The van der Waals surface area contributed by atoms with Crippen molar-refractivity contribution in [3.8, 4) is 0 Å². The van der Waals surface area contributed by atoms with Gasteiger partial charge in [0.05, 0.1) is 0 Å². The Balaban J connectivity index is 2.75. The number of carbonyl (C=O) groups excluding carboxylic acids is 1. The minimum Gasteiger partial charge on any atom is -0.307 e. The normalized spacial score (nSPS) is 9.38. The van der Waals surface area contributed by atoms with E-state index in [1.807, 2.05) is 19.1 Å². The van der Waals surface area contributed by atoms with Crippen molar-refractivity contribution in [1.82, 2.24) is 4.98 Å². The monoisotopic (exact) mass is 176 g/mol. The van der Waals surface area contributed by atoms with Crippen LogP contribution in [0, 0.1) is 6.92 Å². The van der Waals surface area contributed by atoms with E-state index in [9.17, 15) is 4.79 Å². The summed E-state index contributed by atoms with van der Waals surface area (Å²) >= 11 is 0. The molecule has 13 heavy (non-hydrogen) atoms. The lowest BCUT2D eigenvalue weighted by atomic mass is 10.3. The molecule has 1 aromatic heterocycles. The van der Waals surface area contributed by atoms with Gasteiger partial charge in [-0.05, 0) is 26.0 Å². The first-order valence-electron chi connectivity index (χ1n) is 4.00. The summed E-state index contributed by atoms with van der Waals surface area (Å²) in [5.74, 6) is 0.367. The molecule has 0 radical (unpaired) electrons. The van der Waals surface area contributed by atoms with E-state index in [0.29, 0.717) is 11.4 Å². The number of anilines is 1. The van der Waals surface area contributed by atoms with Gasteiger partial charge in [-0.1, -0.05) is 12.6 Å². The second-order valence-electron chi connectivity index (χ2n) is 2.90. The Morgan fingerprint density at radius 1 is 1.54 bits per heavy atom. The number of nitrogens with zero attached hydrogens (tertiary/aromatic N) is 1. The van der Waals surface area contributed by atoms with E-state index in [4.69, 9.17) is 0 Å². The molecule has 0 atom stereocenters. The molecule has 1 aromatic rings. The van der Waals surface area contributed by atoms with E-state index in [1.54, 1.807) is 13.0 Å². The van der Waals surface area contributed by atoms with Crippen LogP contribution in [0.25, 0.3) is 0 Å². The number of amides is 1. The van der Waals surface area contributed by atoms with Crippen LogP contribution in [-0.2, 0) is 4.79 Å². The van der Waals surface area contributed by atoms with Gasteiger partial charge in [-0.15, -0.1) is 0 Å². The molecule has 3 heteroatoms. The maximum absolute atomic E-state index is 11.2. The number of aryl methyl sites for hydroxylation is 1. The van der Waals surface area contributed by atoms with Gasteiger partial charge in [0.1, 0.15) is 5.82 Å². The number of hydrogen-bond donors (Lipinski definition) is 1. The lowest BCUT2D eigenvalue weighted by Gasteiger charge is -2.03. The Kier molecular flexibility index (Phi) is 2.80. The molecular weight excluding hydrogens is 164 g/mol. The fourth-order valence-electron chi connectivity index (χ4n) is 0.836. The molecule has 0 unspecified atom stereocenters. The molecule has 0 bridgehead atoms. The summed E-state index contributed by atoms with van der Waals surface area (Å²) in [6.07, 6.45) is 0. The molecule has 0 saturated carbocycles. The van der Waals surface area contributed by atoms with Crippen LogP contribution in [0.5, 0.6) is 0 Å². The van der Waals surface area contributed by atoms with Crippen LogP contribution in [0.4, 0.5) is 5.82 Å². The van der Waals surface area contributed by atoms with Crippen molar-refractivity contribution in [2.24, 2.45) is 0 Å². The summed E-state index contributed by atoms with van der Waals surface area (Å²) in [5, 5.41) is 2.63. The van der Waals surface area contributed by atoms with Gasteiger partial charge in [0.15, 0.2) is 0 Å². The second kappa shape index (κ2) is 3.85. The van der Waals surface area contributed by atoms with E-state index in [1.165, 1.54) is 0 Å². The summed E-state index contributed by atoms with van der Waals surface area (Å²) in [6, 6.07) is 5.46. The third-order valence-electron chi connectivity index (χ3n) is 1.52. The Morgan fingerprint density at radius 3 is 2.77 bits per heavy atom. The van der Waals surface area contributed by atoms with Crippen LogP contribution >= 0.6 is 0 Å². The molecule has 1 heterocycles. The van der Waals surface area contributed by atoms with Crippen LogP contribution in [0.3, 0.4) is 0 Å². The SMILES string of the molecule is C=C(C)C(=O)Nc1cccc(C)n1. The molecule has 0 aliphatic carbocycles. The fraction of sp³-hybridized carbons (Fsp3) is 0.200. The van der Waals surface area contributed by atoms with Crippen molar-refractivity contribution in [1.29, 1.82) is 0 Å². The summed E-state index contributed by atoms with van der Waals surface area (Å²) < 4.78 is 0. The van der Waals surface area contributed by atoms with Crippen LogP contribution in [0.1, 0.15) is 12.6 Å². The molecule has 0 fully saturated rings. The van der Waals surface area contributed by atoms with Gasteiger partial charge in [0, 0.05) is 11.3 Å². The smallest absolute Gasteiger partial charge is 0.251 e. The van der Waals surface area contributed by atoms with E-state index in [-0.39, 0.29) is 5.91 Å². The van der Waals surface area contributed by atoms with Gasteiger partial charge in [-0.3, -0.25) is 4.79 Å². The maximum Gasteiger partial charge on any atom is 0.251 e. The highest BCUT2D eigenvalue weighted by Crippen LogP contribution is 2.04. The quantitative estimate of drug-likeness (QED) is 0.699. The van der Waals surface area contributed by atoms with Gasteiger partial charge in [0.25, 0.3) is 5.91 Å². The van der Waals surface area contributed by atoms with Gasteiger partial charge >= 0.3 is 0 Å². The van der Waals surface area contributed by atoms with E-state index < -0.39 is 0 Å². The maximum atomic E-state index is 11.2. The van der Waals surface area contributed by atoms with E-state index in [0.717, 1.165) is 5.69 Å². The molecule has 1 rings (SSSR count). The predicted molar refractivity (Wildman–Crippen MR) is 52.4 cm³/mol. The lowest BCUT2D eigenvalue weighted by Crippen LogP contribution is -2.12. The zero-order chi connectivity index (χ0) is 9.84. The average Bonchev–Trinajstić information content (AvgIpc) is 2.04. The second-order valence-corrected chi connectivity index (χ2v) is 2.90. The first-order valence-corrected chi connectivity index (χ1v) is 4.00. The van der Waals surface area contributed by atoms with Crippen molar-refractivity contribution in [2.75, 3.05) is 5.32 Å². The van der Waals surface area contributed by atoms with Crippen molar-refractivity contribution in [2.45, 2.75) is 13.8 Å². The third kappa shape index (κ3) is 2.71. The number of carbonyl (C=O) groups is 1. The molecule has 3 nitrogen and oxygen atoms in total. The number of aromatic nitrogens is 1. The molecule has 0 aromatic carbocycles. The highest BCUT2D eigenvalue weighted by Gasteiger charge is 2.02. The molecule has 68 valence electrons. The highest BCUT2D eigenvalue weighted by molar-refractivity contribution is 6.02. The fourth-order valence-corrected chi connectivity index (χ4v) is 0.836. The first-order chi connectivity index (χ1) is 6.09. The Hall–Kier alpha value is -1.64. The Labute approximate surface area is 77.5 Å². The average molecular weight is 176 g/mol. The van der Waals surface area contributed by atoms with Gasteiger partial charge in [-0.25, -0.2) is 4.98 Å².